The van der Waals surface area contributed by atoms with E-state index in [1.807, 2.05) is 48.1 Å². The summed E-state index contributed by atoms with van der Waals surface area (Å²) >= 11 is 0. The number of rotatable bonds is 0. The number of hydrogen-bond donors (Lipinski definition) is 0. The van der Waals surface area contributed by atoms with Gasteiger partial charge in [0.05, 0.1) is 0 Å². The van der Waals surface area contributed by atoms with Crippen LogP contribution >= 0.6 is 0 Å². The van der Waals surface area contributed by atoms with E-state index in [-0.39, 0.29) is 27.1 Å². The third-order valence-electron chi connectivity index (χ3n) is 5.79. The van der Waals surface area contributed by atoms with Gasteiger partial charge in [-0.2, -0.15) is 18.8 Å². The maximum Gasteiger partial charge on any atom is 4.00 e. The number of ether oxygens (including phenoxy) is 1. The fraction of sp³-hybridized carbons (Fsp3) is 0.273. The van der Waals surface area contributed by atoms with Crippen molar-refractivity contribution in [2.75, 3.05) is 9.91 Å². The second kappa shape index (κ2) is 7.95. The van der Waals surface area contributed by atoms with Crippen molar-refractivity contribution in [3.8, 4) is 11.5 Å². The molecule has 8 bridgehead atoms. The average molecular weight is 580 g/mol. The van der Waals surface area contributed by atoms with Gasteiger partial charge in [-0.3, -0.25) is 0 Å². The van der Waals surface area contributed by atoms with Crippen molar-refractivity contribution in [1.29, 1.82) is 0 Å². The molecule has 0 radical (unpaired) electrons. The molecule has 2 unspecified atom stereocenters. The molecule has 3 heterocycles. The van der Waals surface area contributed by atoms with Crippen LogP contribution in [0.15, 0.2) is 59.2 Å². The van der Waals surface area contributed by atoms with Gasteiger partial charge in [0, 0.05) is 23.6 Å². The minimum atomic E-state index is 0. The third-order valence-corrected chi connectivity index (χ3v) is 5.79. The summed E-state index contributed by atoms with van der Waals surface area (Å²) in [5.41, 5.74) is 1.74. The molecule has 1 fully saturated rings. The second-order valence-corrected chi connectivity index (χ2v) is 7.61. The van der Waals surface area contributed by atoms with Crippen molar-refractivity contribution in [2.24, 2.45) is 10.4 Å². The van der Waals surface area contributed by atoms with Gasteiger partial charge in [0.1, 0.15) is 0 Å². The largest absolute Gasteiger partial charge is 4.00 e. The SMILES string of the molecule is [Pt+4].[c-]1c2cccc1N1C=CN([CH-]1)C1CCCCC1N1[CH-]N(N=N1)c1[c-]c(ccc1)O2. The van der Waals surface area contributed by atoms with E-state index < -0.39 is 0 Å². The molecule has 1 aliphatic carbocycles. The van der Waals surface area contributed by atoms with E-state index in [9.17, 15) is 0 Å². The predicted molar refractivity (Wildman–Crippen MR) is 108 cm³/mol. The van der Waals surface area contributed by atoms with Crippen molar-refractivity contribution < 1.29 is 25.8 Å². The number of nitrogens with zero attached hydrogens (tertiary/aromatic N) is 6. The Morgan fingerprint density at radius 1 is 0.867 bits per heavy atom. The van der Waals surface area contributed by atoms with Gasteiger partial charge in [0.25, 0.3) is 0 Å². The number of anilines is 2. The molecule has 7 nitrogen and oxygen atoms in total. The summed E-state index contributed by atoms with van der Waals surface area (Å²) in [6.07, 6.45) is 8.83. The van der Waals surface area contributed by atoms with Crippen LogP contribution in [0.3, 0.4) is 0 Å². The topological polar surface area (TPSA) is 46.9 Å². The zero-order valence-electron chi connectivity index (χ0n) is 16.2. The molecule has 0 aromatic heterocycles. The molecule has 8 heteroatoms. The first-order chi connectivity index (χ1) is 14.3. The van der Waals surface area contributed by atoms with Crippen LogP contribution in [0, 0.1) is 25.5 Å². The Morgan fingerprint density at radius 2 is 1.60 bits per heavy atom. The van der Waals surface area contributed by atoms with Crippen LogP contribution < -0.4 is 14.6 Å². The summed E-state index contributed by atoms with van der Waals surface area (Å²) in [5, 5.41) is 12.6. The summed E-state index contributed by atoms with van der Waals surface area (Å²) in [5.74, 6) is 1.26. The first-order valence-corrected chi connectivity index (χ1v) is 9.99. The molecule has 0 spiro atoms. The summed E-state index contributed by atoms with van der Waals surface area (Å²) in [6, 6.07) is 18.9. The van der Waals surface area contributed by atoms with Crippen LogP contribution in [-0.2, 0) is 21.1 Å². The predicted octanol–water partition coefficient (Wildman–Crippen LogP) is 4.64. The average Bonchev–Trinajstić information content (AvgIpc) is 3.44. The molecule has 2 aromatic carbocycles. The summed E-state index contributed by atoms with van der Waals surface area (Å²) in [7, 11) is 0. The van der Waals surface area contributed by atoms with E-state index in [1.165, 1.54) is 12.8 Å². The van der Waals surface area contributed by atoms with E-state index >= 15 is 0 Å². The van der Waals surface area contributed by atoms with Crippen LogP contribution in [-0.4, -0.2) is 22.0 Å². The molecular formula is C22H20N6OPt. The van der Waals surface area contributed by atoms with E-state index in [2.05, 4.69) is 51.4 Å². The minimum Gasteiger partial charge on any atom is -0.509 e. The van der Waals surface area contributed by atoms with Crippen molar-refractivity contribution in [3.63, 3.8) is 0 Å². The van der Waals surface area contributed by atoms with Gasteiger partial charge in [-0.1, -0.05) is 29.0 Å². The van der Waals surface area contributed by atoms with Crippen molar-refractivity contribution in [3.05, 3.63) is 74.3 Å². The smallest absolute Gasteiger partial charge is 0.509 e. The van der Waals surface area contributed by atoms with E-state index in [4.69, 9.17) is 4.74 Å². The zero-order chi connectivity index (χ0) is 19.2. The summed E-state index contributed by atoms with van der Waals surface area (Å²) in [4.78, 5) is 4.38. The first-order valence-electron chi connectivity index (χ1n) is 9.99. The van der Waals surface area contributed by atoms with Gasteiger partial charge in [-0.25, -0.2) is 0 Å². The Hall–Kier alpha value is -2.53. The van der Waals surface area contributed by atoms with Crippen molar-refractivity contribution in [2.45, 2.75) is 37.8 Å². The fourth-order valence-corrected chi connectivity index (χ4v) is 4.36. The molecule has 3 aliphatic heterocycles. The molecule has 2 atom stereocenters. The van der Waals surface area contributed by atoms with E-state index in [0.717, 1.165) is 24.2 Å². The van der Waals surface area contributed by atoms with Crippen molar-refractivity contribution >= 4 is 11.4 Å². The van der Waals surface area contributed by atoms with Crippen LogP contribution in [0.5, 0.6) is 11.5 Å². The third kappa shape index (κ3) is 3.45. The van der Waals surface area contributed by atoms with Crippen molar-refractivity contribution in [1.82, 2.24) is 9.91 Å². The molecule has 30 heavy (non-hydrogen) atoms. The number of benzene rings is 2. The number of hydrogen-bond acceptors (Lipinski definition) is 7. The summed E-state index contributed by atoms with van der Waals surface area (Å²) in [6.45, 7) is 4.09. The van der Waals surface area contributed by atoms with Crippen LogP contribution in [0.25, 0.3) is 0 Å². The molecule has 1 saturated carbocycles. The zero-order valence-corrected chi connectivity index (χ0v) is 18.4. The van der Waals surface area contributed by atoms with Gasteiger partial charge in [0.15, 0.2) is 0 Å². The van der Waals surface area contributed by atoms with Crippen LogP contribution in [0.1, 0.15) is 25.7 Å². The molecule has 154 valence electrons. The Labute approximate surface area is 190 Å². The monoisotopic (exact) mass is 579 g/mol. The Kier molecular flexibility index (Phi) is 5.15. The van der Waals surface area contributed by atoms with Gasteiger partial charge >= 0.3 is 21.1 Å². The van der Waals surface area contributed by atoms with Gasteiger partial charge in [0.2, 0.25) is 0 Å². The molecule has 0 saturated heterocycles. The Bertz CT molecular complexity index is 904. The Balaban J connectivity index is 0.00000193. The van der Waals surface area contributed by atoms with Gasteiger partial charge in [-0.05, 0) is 25.2 Å². The normalized spacial score (nSPS) is 24.0. The standard InChI is InChI=1S/C22H20N6O.Pt/c1-2-10-22-21(9-1)26-12-11-25(15-26)17-5-3-7-19(13-17)29-20-8-4-6-18(14-20)27-16-28(22)24-23-27;/h3-8,11-12,15-16,21-22H,1-2,9-10H2;/q-4;+4. The summed E-state index contributed by atoms with van der Waals surface area (Å²) < 4.78 is 6.03. The van der Waals surface area contributed by atoms with Crippen LogP contribution in [0.4, 0.5) is 11.4 Å². The maximum atomic E-state index is 6.03. The fourth-order valence-electron chi connectivity index (χ4n) is 4.36. The number of fused-ring (bicyclic) bond motifs is 13. The van der Waals surface area contributed by atoms with Gasteiger partial charge < -0.3 is 24.6 Å². The first kappa shape index (κ1) is 19.4. The molecule has 6 rings (SSSR count). The van der Waals surface area contributed by atoms with E-state index in [0.29, 0.717) is 17.5 Å². The molecular weight excluding hydrogens is 559 g/mol. The maximum absolute atomic E-state index is 6.03. The molecule has 0 N–H and O–H groups in total. The molecule has 2 aromatic rings. The quantitative estimate of drug-likeness (QED) is 0.426. The minimum absolute atomic E-state index is 0. The molecule has 4 aliphatic rings. The van der Waals surface area contributed by atoms with Gasteiger partial charge in [-0.15, -0.1) is 48.8 Å². The Morgan fingerprint density at radius 3 is 2.43 bits per heavy atom. The van der Waals surface area contributed by atoms with E-state index in [1.54, 1.807) is 5.01 Å². The second-order valence-electron chi connectivity index (χ2n) is 7.61. The van der Waals surface area contributed by atoms with Crippen LogP contribution in [0.2, 0.25) is 0 Å². The molecule has 0 amide bonds.